The monoisotopic (exact) mass is 241 g/mol. The van der Waals surface area contributed by atoms with Crippen LogP contribution in [0.3, 0.4) is 0 Å². The number of amides is 2. The van der Waals surface area contributed by atoms with Crippen LogP contribution in [0.15, 0.2) is 18.5 Å². The minimum atomic E-state index is -0.413. The quantitative estimate of drug-likeness (QED) is 0.811. The lowest BCUT2D eigenvalue weighted by Gasteiger charge is -2.05. The molecule has 5 nitrogen and oxygen atoms in total. The summed E-state index contributed by atoms with van der Waals surface area (Å²) in [4.78, 5) is 26.4. The van der Waals surface area contributed by atoms with Gasteiger partial charge in [-0.05, 0) is 13.0 Å². The van der Waals surface area contributed by atoms with Crippen molar-refractivity contribution in [3.05, 3.63) is 29.0 Å². The largest absolute Gasteiger partial charge is 0.355 e. The summed E-state index contributed by atoms with van der Waals surface area (Å²) in [6.07, 6.45) is 2.85. The first-order chi connectivity index (χ1) is 7.65. The Labute approximate surface area is 98.2 Å². The Morgan fingerprint density at radius 2 is 2.19 bits per heavy atom. The lowest BCUT2D eigenvalue weighted by atomic mass is 10.2. The summed E-state index contributed by atoms with van der Waals surface area (Å²) in [5, 5.41) is 5.32. The first kappa shape index (κ1) is 12.4. The highest BCUT2D eigenvalue weighted by atomic mass is 35.5. The summed E-state index contributed by atoms with van der Waals surface area (Å²) < 4.78 is 0. The van der Waals surface area contributed by atoms with E-state index in [4.69, 9.17) is 11.6 Å². The summed E-state index contributed by atoms with van der Waals surface area (Å²) in [5.41, 5.74) is 0.258. The fourth-order valence-electron chi connectivity index (χ4n) is 1.06. The van der Waals surface area contributed by atoms with Gasteiger partial charge in [0.05, 0.1) is 17.1 Å². The average molecular weight is 242 g/mol. The number of rotatable bonds is 4. The molecule has 16 heavy (non-hydrogen) atoms. The number of pyridine rings is 1. The number of halogens is 1. The van der Waals surface area contributed by atoms with Crippen molar-refractivity contribution >= 4 is 23.4 Å². The van der Waals surface area contributed by atoms with E-state index in [1.54, 1.807) is 6.92 Å². The molecule has 0 atom stereocenters. The van der Waals surface area contributed by atoms with Crippen molar-refractivity contribution < 1.29 is 9.59 Å². The van der Waals surface area contributed by atoms with Crippen LogP contribution in [0.1, 0.15) is 17.3 Å². The van der Waals surface area contributed by atoms with Crippen molar-refractivity contribution in [2.45, 2.75) is 6.92 Å². The smallest absolute Gasteiger partial charge is 0.254 e. The van der Waals surface area contributed by atoms with Gasteiger partial charge in [0.25, 0.3) is 5.91 Å². The summed E-state index contributed by atoms with van der Waals surface area (Å²) in [6, 6.07) is 1.52. The molecule has 0 fully saturated rings. The zero-order valence-corrected chi connectivity index (χ0v) is 9.54. The van der Waals surface area contributed by atoms with Gasteiger partial charge in [0.15, 0.2) is 0 Å². The van der Waals surface area contributed by atoms with Crippen molar-refractivity contribution in [2.24, 2.45) is 0 Å². The first-order valence-corrected chi connectivity index (χ1v) is 5.17. The Hall–Kier alpha value is -1.62. The van der Waals surface area contributed by atoms with E-state index in [2.05, 4.69) is 15.6 Å². The molecule has 0 unspecified atom stereocenters. The molecule has 1 heterocycles. The highest BCUT2D eigenvalue weighted by Crippen LogP contribution is 2.12. The molecule has 0 aliphatic heterocycles. The van der Waals surface area contributed by atoms with E-state index in [9.17, 15) is 9.59 Å². The maximum Gasteiger partial charge on any atom is 0.254 e. The van der Waals surface area contributed by atoms with Gasteiger partial charge in [0.1, 0.15) is 0 Å². The Morgan fingerprint density at radius 3 is 2.81 bits per heavy atom. The first-order valence-electron chi connectivity index (χ1n) is 4.79. The van der Waals surface area contributed by atoms with Gasteiger partial charge in [0, 0.05) is 18.9 Å². The lowest BCUT2D eigenvalue weighted by molar-refractivity contribution is -0.120. The normalized spacial score (nSPS) is 9.62. The van der Waals surface area contributed by atoms with Gasteiger partial charge < -0.3 is 10.6 Å². The van der Waals surface area contributed by atoms with Gasteiger partial charge in [-0.1, -0.05) is 11.6 Å². The summed E-state index contributed by atoms with van der Waals surface area (Å²) in [6.45, 7) is 2.26. The summed E-state index contributed by atoms with van der Waals surface area (Å²) >= 11 is 5.79. The molecule has 86 valence electrons. The molecule has 1 aromatic rings. The molecular weight excluding hydrogens is 230 g/mol. The van der Waals surface area contributed by atoms with Crippen LogP contribution in [-0.2, 0) is 4.79 Å². The highest BCUT2D eigenvalue weighted by molar-refractivity contribution is 6.33. The molecule has 0 bridgehead atoms. The van der Waals surface area contributed by atoms with Crippen LogP contribution in [0.25, 0.3) is 0 Å². The van der Waals surface area contributed by atoms with E-state index < -0.39 is 5.91 Å². The molecule has 1 rings (SSSR count). The van der Waals surface area contributed by atoms with Crippen LogP contribution in [-0.4, -0.2) is 29.9 Å². The Bertz CT molecular complexity index is 395. The lowest BCUT2D eigenvalue weighted by Crippen LogP contribution is -2.36. The number of likely N-dealkylation sites (N-methyl/N-ethyl adjacent to an activating group) is 1. The molecule has 1 aromatic heterocycles. The van der Waals surface area contributed by atoms with Crippen molar-refractivity contribution in [2.75, 3.05) is 13.1 Å². The molecule has 2 amide bonds. The van der Waals surface area contributed by atoms with Crippen molar-refractivity contribution in [1.29, 1.82) is 0 Å². The minimum Gasteiger partial charge on any atom is -0.355 e. The van der Waals surface area contributed by atoms with E-state index in [0.717, 1.165) is 0 Å². The fourth-order valence-corrected chi connectivity index (χ4v) is 1.25. The second kappa shape index (κ2) is 6.07. The highest BCUT2D eigenvalue weighted by Gasteiger charge is 2.10. The van der Waals surface area contributed by atoms with Crippen molar-refractivity contribution in [3.8, 4) is 0 Å². The van der Waals surface area contributed by atoms with E-state index in [-0.39, 0.29) is 18.0 Å². The molecular formula is C10H12ClN3O2. The predicted molar refractivity (Wildman–Crippen MR) is 60.3 cm³/mol. The average Bonchev–Trinajstić information content (AvgIpc) is 2.27. The SMILES string of the molecule is CCNC(=O)CNC(=O)c1cnccc1Cl. The Morgan fingerprint density at radius 1 is 1.44 bits per heavy atom. The third kappa shape index (κ3) is 3.51. The van der Waals surface area contributed by atoms with Crippen LogP contribution >= 0.6 is 11.6 Å². The Kier molecular flexibility index (Phi) is 4.72. The van der Waals surface area contributed by atoms with Crippen LogP contribution in [0.4, 0.5) is 0 Å². The maximum absolute atomic E-state index is 11.6. The minimum absolute atomic E-state index is 0.0715. The molecule has 2 N–H and O–H groups in total. The molecule has 0 aliphatic carbocycles. The van der Waals surface area contributed by atoms with Gasteiger partial charge in [-0.25, -0.2) is 0 Å². The molecule has 0 saturated carbocycles. The van der Waals surface area contributed by atoms with Crippen LogP contribution in [0, 0.1) is 0 Å². The number of carbonyl (C=O) groups is 2. The van der Waals surface area contributed by atoms with E-state index in [1.807, 2.05) is 0 Å². The summed E-state index contributed by atoms with van der Waals surface area (Å²) in [5.74, 6) is -0.653. The zero-order chi connectivity index (χ0) is 12.0. The zero-order valence-electron chi connectivity index (χ0n) is 8.79. The van der Waals surface area contributed by atoms with Crippen LogP contribution in [0.2, 0.25) is 5.02 Å². The number of aromatic nitrogens is 1. The topological polar surface area (TPSA) is 71.1 Å². The molecule has 0 radical (unpaired) electrons. The van der Waals surface area contributed by atoms with Gasteiger partial charge in [-0.15, -0.1) is 0 Å². The molecule has 0 aromatic carbocycles. The summed E-state index contributed by atoms with van der Waals surface area (Å²) in [7, 11) is 0. The van der Waals surface area contributed by atoms with Gasteiger partial charge in [-0.3, -0.25) is 14.6 Å². The van der Waals surface area contributed by atoms with E-state index in [0.29, 0.717) is 11.6 Å². The third-order valence-electron chi connectivity index (χ3n) is 1.80. The maximum atomic E-state index is 11.6. The second-order valence-corrected chi connectivity index (χ2v) is 3.40. The van der Waals surface area contributed by atoms with Crippen molar-refractivity contribution in [1.82, 2.24) is 15.6 Å². The van der Waals surface area contributed by atoms with Gasteiger partial charge in [-0.2, -0.15) is 0 Å². The van der Waals surface area contributed by atoms with Gasteiger partial charge >= 0.3 is 0 Å². The number of carbonyl (C=O) groups excluding carboxylic acids is 2. The van der Waals surface area contributed by atoms with Gasteiger partial charge in [0.2, 0.25) is 5.91 Å². The molecule has 6 heteroatoms. The standard InChI is InChI=1S/C10H12ClN3O2/c1-2-13-9(15)6-14-10(16)7-5-12-4-3-8(7)11/h3-5H,2,6H2,1H3,(H,13,15)(H,14,16). The van der Waals surface area contributed by atoms with E-state index in [1.165, 1.54) is 18.5 Å². The third-order valence-corrected chi connectivity index (χ3v) is 2.13. The number of nitrogens with zero attached hydrogens (tertiary/aromatic N) is 1. The molecule has 0 aliphatic rings. The number of nitrogens with one attached hydrogen (secondary N) is 2. The fraction of sp³-hybridized carbons (Fsp3) is 0.300. The van der Waals surface area contributed by atoms with Crippen molar-refractivity contribution in [3.63, 3.8) is 0 Å². The number of hydrogen-bond donors (Lipinski definition) is 2. The Balaban J connectivity index is 2.54. The predicted octanol–water partition coefficient (Wildman–Crippen LogP) is 0.601. The number of hydrogen-bond acceptors (Lipinski definition) is 3. The molecule has 0 spiro atoms. The van der Waals surface area contributed by atoms with Crippen LogP contribution < -0.4 is 10.6 Å². The van der Waals surface area contributed by atoms with E-state index >= 15 is 0 Å². The molecule has 0 saturated heterocycles. The van der Waals surface area contributed by atoms with Crippen LogP contribution in [0.5, 0.6) is 0 Å². The second-order valence-electron chi connectivity index (χ2n) is 2.99.